The van der Waals surface area contributed by atoms with E-state index in [9.17, 15) is 13.2 Å². The summed E-state index contributed by atoms with van der Waals surface area (Å²) in [5.41, 5.74) is 5.45. The van der Waals surface area contributed by atoms with E-state index < -0.39 is 21.0 Å². The number of ether oxygens (including phenoxy) is 1. The third-order valence-corrected chi connectivity index (χ3v) is 5.83. The van der Waals surface area contributed by atoms with Gasteiger partial charge in [0.15, 0.2) is 0 Å². The molecule has 1 aliphatic carbocycles. The van der Waals surface area contributed by atoms with Gasteiger partial charge in [0.05, 0.1) is 11.0 Å². The van der Waals surface area contributed by atoms with Crippen LogP contribution in [0.3, 0.4) is 0 Å². The molecule has 24 heavy (non-hydrogen) atoms. The number of sulfonamides is 1. The topological polar surface area (TPSA) is 125 Å². The van der Waals surface area contributed by atoms with Crippen LogP contribution in [0.4, 0.5) is 0 Å². The summed E-state index contributed by atoms with van der Waals surface area (Å²) in [6.45, 7) is 6.49. The Morgan fingerprint density at radius 2 is 2.08 bits per heavy atom. The van der Waals surface area contributed by atoms with Crippen molar-refractivity contribution in [2.75, 3.05) is 6.61 Å². The number of benzene rings is 1. The molecule has 0 saturated heterocycles. The van der Waals surface area contributed by atoms with E-state index >= 15 is 0 Å². The second-order valence-electron chi connectivity index (χ2n) is 6.72. The second kappa shape index (κ2) is 6.44. The first-order valence-corrected chi connectivity index (χ1v) is 9.37. The first-order chi connectivity index (χ1) is 11.0. The largest absolute Gasteiger partial charge is 0.378 e. The van der Waals surface area contributed by atoms with Crippen LogP contribution in [0, 0.1) is 5.41 Å². The molecule has 2 atom stereocenters. The maximum atomic E-state index is 12.5. The molecule has 5 N–H and O–H groups in total. The fourth-order valence-corrected chi connectivity index (χ4v) is 3.58. The predicted molar refractivity (Wildman–Crippen MR) is 90.4 cm³/mol. The molecule has 0 heterocycles. The van der Waals surface area contributed by atoms with Crippen molar-refractivity contribution in [3.8, 4) is 0 Å². The van der Waals surface area contributed by atoms with Crippen molar-refractivity contribution in [2.24, 2.45) is 16.3 Å². The summed E-state index contributed by atoms with van der Waals surface area (Å²) in [6.07, 6.45) is 0.403. The lowest BCUT2D eigenvalue weighted by molar-refractivity contribution is -0.170. The molecule has 0 radical (unpaired) electrons. The van der Waals surface area contributed by atoms with Gasteiger partial charge in [-0.05, 0) is 24.6 Å². The Kier molecular flexibility index (Phi) is 5.06. The molecule has 7 nitrogen and oxygen atoms in total. The minimum Gasteiger partial charge on any atom is -0.378 e. The second-order valence-corrected chi connectivity index (χ2v) is 8.28. The van der Waals surface area contributed by atoms with E-state index in [0.717, 1.165) is 0 Å². The van der Waals surface area contributed by atoms with E-state index in [1.807, 2.05) is 20.8 Å². The number of rotatable bonds is 6. The molecule has 1 saturated carbocycles. The van der Waals surface area contributed by atoms with Crippen molar-refractivity contribution in [3.05, 3.63) is 29.8 Å². The van der Waals surface area contributed by atoms with E-state index in [1.54, 1.807) is 12.1 Å². The molecule has 1 amide bonds. The first kappa shape index (κ1) is 18.9. The van der Waals surface area contributed by atoms with Crippen LogP contribution in [0.25, 0.3) is 0 Å². The van der Waals surface area contributed by atoms with Gasteiger partial charge in [0.1, 0.15) is 5.54 Å². The van der Waals surface area contributed by atoms with Crippen molar-refractivity contribution < 1.29 is 17.9 Å². The van der Waals surface area contributed by atoms with Crippen molar-refractivity contribution in [1.82, 2.24) is 5.32 Å². The smallest absolute Gasteiger partial charge is 0.241 e. The van der Waals surface area contributed by atoms with Crippen LogP contribution in [0.1, 0.15) is 32.8 Å². The summed E-state index contributed by atoms with van der Waals surface area (Å²) in [5, 5.41) is 7.90. The van der Waals surface area contributed by atoms with Crippen molar-refractivity contribution >= 4 is 15.9 Å². The molecule has 8 heteroatoms. The monoisotopic (exact) mass is 355 g/mol. The zero-order valence-corrected chi connectivity index (χ0v) is 15.0. The van der Waals surface area contributed by atoms with Gasteiger partial charge in [0, 0.05) is 25.0 Å². The average molecular weight is 355 g/mol. The van der Waals surface area contributed by atoms with Gasteiger partial charge < -0.3 is 15.8 Å². The van der Waals surface area contributed by atoms with Crippen LogP contribution in [-0.2, 0) is 26.1 Å². The summed E-state index contributed by atoms with van der Waals surface area (Å²) < 4.78 is 28.4. The number of hydrogen-bond acceptors (Lipinski definition) is 5. The minimum absolute atomic E-state index is 0.0112. The number of amides is 1. The molecule has 1 fully saturated rings. The highest BCUT2D eigenvalue weighted by molar-refractivity contribution is 7.89. The van der Waals surface area contributed by atoms with Crippen LogP contribution in [0.2, 0.25) is 0 Å². The lowest BCUT2D eigenvalue weighted by atomic mass is 9.54. The van der Waals surface area contributed by atoms with Gasteiger partial charge in [0.2, 0.25) is 15.9 Å². The number of primary sulfonamides is 1. The van der Waals surface area contributed by atoms with Gasteiger partial charge in [0.25, 0.3) is 0 Å². The molecule has 0 aliphatic heterocycles. The maximum Gasteiger partial charge on any atom is 0.241 e. The van der Waals surface area contributed by atoms with E-state index in [2.05, 4.69) is 5.32 Å². The van der Waals surface area contributed by atoms with Crippen molar-refractivity contribution in [3.63, 3.8) is 0 Å². The predicted octanol–water partition coefficient (Wildman–Crippen LogP) is 0.483. The molecule has 2 rings (SSSR count). The fourth-order valence-electron chi connectivity index (χ4n) is 2.99. The average Bonchev–Trinajstić information content (AvgIpc) is 2.51. The molecule has 1 aliphatic rings. The number of carbonyl (C=O) groups is 1. The van der Waals surface area contributed by atoms with Crippen LogP contribution in [-0.4, -0.2) is 32.6 Å². The third kappa shape index (κ3) is 3.32. The summed E-state index contributed by atoms with van der Waals surface area (Å²) in [7, 11) is -3.77. The SMILES string of the molecule is CCOC1CC(N)(C(=O)NCc2cccc(S(N)(=O)=O)c2)C1(C)C. The lowest BCUT2D eigenvalue weighted by Crippen LogP contribution is -2.75. The maximum absolute atomic E-state index is 12.5. The number of hydrogen-bond donors (Lipinski definition) is 3. The van der Waals surface area contributed by atoms with Gasteiger partial charge in [-0.2, -0.15) is 0 Å². The van der Waals surface area contributed by atoms with E-state index in [4.69, 9.17) is 15.6 Å². The first-order valence-electron chi connectivity index (χ1n) is 7.83. The zero-order chi connectivity index (χ0) is 18.2. The summed E-state index contributed by atoms with van der Waals surface area (Å²) >= 11 is 0. The van der Waals surface area contributed by atoms with E-state index in [1.165, 1.54) is 12.1 Å². The Hall–Kier alpha value is -1.48. The quantitative estimate of drug-likeness (QED) is 0.685. The van der Waals surface area contributed by atoms with Gasteiger partial charge in [-0.1, -0.05) is 26.0 Å². The number of nitrogens with two attached hydrogens (primary N) is 2. The third-order valence-electron chi connectivity index (χ3n) is 4.92. The summed E-state index contributed by atoms with van der Waals surface area (Å²) in [4.78, 5) is 12.5. The highest BCUT2D eigenvalue weighted by Gasteiger charge is 2.62. The van der Waals surface area contributed by atoms with Crippen LogP contribution in [0.15, 0.2) is 29.2 Å². The number of nitrogens with one attached hydrogen (secondary N) is 1. The summed E-state index contributed by atoms with van der Waals surface area (Å²) in [6, 6.07) is 6.14. The molecular weight excluding hydrogens is 330 g/mol. The molecule has 0 aromatic heterocycles. The van der Waals surface area contributed by atoms with Crippen LogP contribution in [0.5, 0.6) is 0 Å². The van der Waals surface area contributed by atoms with Crippen molar-refractivity contribution in [2.45, 2.75) is 50.3 Å². The Bertz CT molecular complexity index is 733. The highest BCUT2D eigenvalue weighted by atomic mass is 32.2. The highest BCUT2D eigenvalue weighted by Crippen LogP contribution is 2.49. The minimum atomic E-state index is -3.77. The zero-order valence-electron chi connectivity index (χ0n) is 14.2. The molecule has 0 bridgehead atoms. The van der Waals surface area contributed by atoms with Gasteiger partial charge in [-0.3, -0.25) is 4.79 Å². The van der Waals surface area contributed by atoms with E-state index in [-0.39, 0.29) is 23.5 Å². The lowest BCUT2D eigenvalue weighted by Gasteiger charge is -2.57. The van der Waals surface area contributed by atoms with Crippen molar-refractivity contribution in [1.29, 1.82) is 0 Å². The van der Waals surface area contributed by atoms with E-state index in [0.29, 0.717) is 18.6 Å². The Morgan fingerprint density at radius 3 is 2.62 bits per heavy atom. The molecule has 1 aromatic carbocycles. The van der Waals surface area contributed by atoms with Gasteiger partial charge >= 0.3 is 0 Å². The Balaban J connectivity index is 2.04. The molecule has 134 valence electrons. The van der Waals surface area contributed by atoms with Gasteiger partial charge in [-0.15, -0.1) is 0 Å². The van der Waals surface area contributed by atoms with Crippen LogP contribution < -0.4 is 16.2 Å². The fraction of sp³-hybridized carbons (Fsp3) is 0.562. The van der Waals surface area contributed by atoms with Gasteiger partial charge in [-0.25, -0.2) is 13.6 Å². The Morgan fingerprint density at radius 1 is 1.42 bits per heavy atom. The Labute approximate surface area is 142 Å². The summed E-state index contributed by atoms with van der Waals surface area (Å²) in [5.74, 6) is -0.274. The normalized spacial score (nSPS) is 25.8. The molecular formula is C16H25N3O4S. The molecule has 0 spiro atoms. The molecule has 2 unspecified atom stereocenters. The molecule has 1 aromatic rings. The standard InChI is InChI=1S/C16H25N3O4S/c1-4-23-13-9-16(17,15(13,2)3)14(20)19-10-11-6-5-7-12(8-11)24(18,21)22/h5-8,13H,4,9-10,17H2,1-3H3,(H,19,20)(H2,18,21,22). The van der Waals surface area contributed by atoms with Crippen LogP contribution >= 0.6 is 0 Å². The number of carbonyl (C=O) groups excluding carboxylic acids is 1.